The second-order valence-corrected chi connectivity index (χ2v) is 3.35. The Hall–Kier alpha value is -2.18. The van der Waals surface area contributed by atoms with E-state index in [-0.39, 0.29) is 12.4 Å². The van der Waals surface area contributed by atoms with Crippen molar-refractivity contribution < 1.29 is 18.8 Å². The highest BCUT2D eigenvalue weighted by Gasteiger charge is 2.19. The van der Waals surface area contributed by atoms with Crippen molar-refractivity contribution in [3.63, 3.8) is 0 Å². The summed E-state index contributed by atoms with van der Waals surface area (Å²) in [4.78, 5) is 12.7. The first-order valence-corrected chi connectivity index (χ1v) is 4.63. The van der Waals surface area contributed by atoms with Crippen LogP contribution in [0.2, 0.25) is 0 Å². The summed E-state index contributed by atoms with van der Waals surface area (Å²) in [6.45, 7) is -0.189. The fraction of sp³-hybridized carbons (Fsp3) is 0.200. The first kappa shape index (κ1) is 12.9. The summed E-state index contributed by atoms with van der Waals surface area (Å²) in [5, 5.41) is 11.0. The smallest absolute Gasteiger partial charge is 0.257 e. The molecule has 0 aromatic heterocycles. The predicted octanol–water partition coefficient (Wildman–Crippen LogP) is 0.783. The lowest BCUT2D eigenvalue weighted by Crippen LogP contribution is -2.36. The van der Waals surface area contributed by atoms with E-state index in [1.165, 1.54) is 13.1 Å². The zero-order valence-electron chi connectivity index (χ0n) is 9.02. The van der Waals surface area contributed by atoms with Gasteiger partial charge < -0.3 is 15.8 Å². The third-order valence-electron chi connectivity index (χ3n) is 2.06. The number of rotatable bonds is 3. The molecule has 0 radical (unpaired) electrons. The highest BCUT2D eigenvalue weighted by atomic mass is 19.2. The maximum atomic E-state index is 13.3. The van der Waals surface area contributed by atoms with Gasteiger partial charge in [0.05, 0.1) is 12.1 Å². The molecule has 0 saturated heterocycles. The molecule has 0 aliphatic carbocycles. The molecule has 1 aromatic carbocycles. The number of carbonyl (C=O) groups is 1. The number of hydrogen-bond acceptors (Lipinski definition) is 3. The average Bonchev–Trinajstić information content (AvgIpc) is 2.31. The van der Waals surface area contributed by atoms with Crippen LogP contribution in [0.15, 0.2) is 23.4 Å². The minimum absolute atomic E-state index is 0.189. The first-order chi connectivity index (χ1) is 7.97. The molecule has 1 aromatic rings. The van der Waals surface area contributed by atoms with E-state index < -0.39 is 23.1 Å². The number of amidine groups is 1. The Balaban J connectivity index is 2.93. The number of nitrogens with zero attached hydrogens (tertiary/aromatic N) is 2. The number of carbonyl (C=O) groups excluding carboxylic acids is 1. The van der Waals surface area contributed by atoms with Crippen LogP contribution in [0.5, 0.6) is 0 Å². The van der Waals surface area contributed by atoms with E-state index in [4.69, 9.17) is 10.9 Å². The van der Waals surface area contributed by atoms with Gasteiger partial charge in [-0.15, -0.1) is 0 Å². The van der Waals surface area contributed by atoms with Crippen molar-refractivity contribution in [3.8, 4) is 0 Å². The summed E-state index contributed by atoms with van der Waals surface area (Å²) in [6, 6.07) is 3.29. The Morgan fingerprint density at radius 3 is 2.76 bits per heavy atom. The highest BCUT2D eigenvalue weighted by molar-refractivity contribution is 5.97. The zero-order valence-corrected chi connectivity index (χ0v) is 9.02. The molecule has 0 spiro atoms. The fourth-order valence-electron chi connectivity index (χ4n) is 1.22. The normalized spacial score (nSPS) is 11.4. The largest absolute Gasteiger partial charge is 0.409 e. The molecule has 7 heteroatoms. The number of benzene rings is 1. The SMILES string of the molecule is CN(C/C(N)=N/O)C(=O)c1cccc(F)c1F. The van der Waals surface area contributed by atoms with Crippen LogP contribution in [0, 0.1) is 11.6 Å². The number of nitrogens with two attached hydrogens (primary N) is 1. The Labute approximate surface area is 96.1 Å². The van der Waals surface area contributed by atoms with Crippen molar-refractivity contribution >= 4 is 11.7 Å². The molecular formula is C10H11F2N3O2. The van der Waals surface area contributed by atoms with Crippen LogP contribution in [0.4, 0.5) is 8.78 Å². The average molecular weight is 243 g/mol. The monoisotopic (exact) mass is 243 g/mol. The molecule has 0 unspecified atom stereocenters. The van der Waals surface area contributed by atoms with Gasteiger partial charge in [-0.05, 0) is 12.1 Å². The summed E-state index contributed by atoms with van der Waals surface area (Å²) in [5.74, 6) is -3.29. The molecule has 0 bridgehead atoms. The Morgan fingerprint density at radius 1 is 1.53 bits per heavy atom. The van der Waals surface area contributed by atoms with Gasteiger partial charge in [0.1, 0.15) is 0 Å². The van der Waals surface area contributed by atoms with Gasteiger partial charge in [-0.2, -0.15) is 0 Å². The van der Waals surface area contributed by atoms with Gasteiger partial charge in [0.2, 0.25) is 0 Å². The number of hydrogen-bond donors (Lipinski definition) is 2. The van der Waals surface area contributed by atoms with E-state index in [0.717, 1.165) is 17.0 Å². The van der Waals surface area contributed by atoms with Crippen molar-refractivity contribution in [2.45, 2.75) is 0 Å². The molecule has 3 N–H and O–H groups in total. The third kappa shape index (κ3) is 2.90. The van der Waals surface area contributed by atoms with Gasteiger partial charge >= 0.3 is 0 Å². The molecule has 0 atom stereocenters. The van der Waals surface area contributed by atoms with E-state index in [0.29, 0.717) is 0 Å². The molecule has 0 heterocycles. The fourth-order valence-corrected chi connectivity index (χ4v) is 1.22. The molecule has 1 rings (SSSR count). The van der Waals surface area contributed by atoms with Crippen LogP contribution in [0.1, 0.15) is 10.4 Å². The Kier molecular flexibility index (Phi) is 3.97. The van der Waals surface area contributed by atoms with Gasteiger partial charge in [0.15, 0.2) is 17.5 Å². The van der Waals surface area contributed by atoms with Gasteiger partial charge in [0.25, 0.3) is 5.91 Å². The van der Waals surface area contributed by atoms with Gasteiger partial charge in [-0.25, -0.2) is 8.78 Å². The minimum atomic E-state index is -1.22. The summed E-state index contributed by atoms with van der Waals surface area (Å²) in [6.07, 6.45) is 0. The summed E-state index contributed by atoms with van der Waals surface area (Å²) >= 11 is 0. The van der Waals surface area contributed by atoms with Crippen molar-refractivity contribution in [3.05, 3.63) is 35.4 Å². The molecular weight excluding hydrogens is 232 g/mol. The molecule has 92 valence electrons. The zero-order chi connectivity index (χ0) is 13.0. The highest BCUT2D eigenvalue weighted by Crippen LogP contribution is 2.13. The topological polar surface area (TPSA) is 78.9 Å². The summed E-state index contributed by atoms with van der Waals surface area (Å²) < 4.78 is 26.2. The Bertz CT molecular complexity index is 463. The van der Waals surface area contributed by atoms with Gasteiger partial charge in [0, 0.05) is 7.05 Å². The van der Waals surface area contributed by atoms with Crippen molar-refractivity contribution in [1.82, 2.24) is 4.90 Å². The van der Waals surface area contributed by atoms with Crippen LogP contribution in [0.25, 0.3) is 0 Å². The minimum Gasteiger partial charge on any atom is -0.409 e. The lowest BCUT2D eigenvalue weighted by Gasteiger charge is -2.16. The number of oxime groups is 1. The number of likely N-dealkylation sites (N-methyl/N-ethyl adjacent to an activating group) is 1. The predicted molar refractivity (Wildman–Crippen MR) is 56.7 cm³/mol. The molecule has 17 heavy (non-hydrogen) atoms. The van der Waals surface area contributed by atoms with Gasteiger partial charge in [-0.1, -0.05) is 11.2 Å². The van der Waals surface area contributed by atoms with Crippen molar-refractivity contribution in [2.24, 2.45) is 10.9 Å². The van der Waals surface area contributed by atoms with Crippen LogP contribution in [0.3, 0.4) is 0 Å². The Morgan fingerprint density at radius 2 is 2.18 bits per heavy atom. The first-order valence-electron chi connectivity index (χ1n) is 4.63. The van der Waals surface area contributed by atoms with Crippen LogP contribution in [-0.4, -0.2) is 35.4 Å². The summed E-state index contributed by atoms with van der Waals surface area (Å²) in [7, 11) is 1.32. The van der Waals surface area contributed by atoms with Crippen molar-refractivity contribution in [1.29, 1.82) is 0 Å². The van der Waals surface area contributed by atoms with Crippen LogP contribution < -0.4 is 5.73 Å². The van der Waals surface area contributed by atoms with Crippen molar-refractivity contribution in [2.75, 3.05) is 13.6 Å². The van der Waals surface area contributed by atoms with E-state index in [1.54, 1.807) is 0 Å². The third-order valence-corrected chi connectivity index (χ3v) is 2.06. The standard InChI is InChI=1S/C10H11F2N3O2/c1-15(5-8(13)14-17)10(16)6-3-2-4-7(11)9(6)12/h2-4,17H,5H2,1H3,(H2,13,14). The van der Waals surface area contributed by atoms with E-state index >= 15 is 0 Å². The van der Waals surface area contributed by atoms with Gasteiger partial charge in [-0.3, -0.25) is 4.79 Å². The molecule has 0 aliphatic rings. The lowest BCUT2D eigenvalue weighted by atomic mass is 10.2. The maximum Gasteiger partial charge on any atom is 0.257 e. The second-order valence-electron chi connectivity index (χ2n) is 3.35. The lowest BCUT2D eigenvalue weighted by molar-refractivity contribution is 0.0808. The van der Waals surface area contributed by atoms with E-state index in [1.807, 2.05) is 0 Å². The van der Waals surface area contributed by atoms with Crippen LogP contribution >= 0.6 is 0 Å². The second kappa shape index (κ2) is 5.24. The number of amides is 1. The molecule has 5 nitrogen and oxygen atoms in total. The van der Waals surface area contributed by atoms with E-state index in [9.17, 15) is 13.6 Å². The molecule has 0 aliphatic heterocycles. The molecule has 0 fully saturated rings. The quantitative estimate of drug-likeness (QED) is 0.356. The summed E-state index contributed by atoms with van der Waals surface area (Å²) in [5.41, 5.74) is 4.79. The molecule has 1 amide bonds. The van der Waals surface area contributed by atoms with E-state index in [2.05, 4.69) is 5.16 Å². The molecule has 0 saturated carbocycles. The van der Waals surface area contributed by atoms with Crippen LogP contribution in [-0.2, 0) is 0 Å². The number of halogens is 2. The maximum absolute atomic E-state index is 13.3.